The van der Waals surface area contributed by atoms with Crippen molar-refractivity contribution in [2.45, 2.75) is 57.3 Å². The van der Waals surface area contributed by atoms with Gasteiger partial charge in [0, 0.05) is 42.3 Å². The number of ether oxygens (including phenoxy) is 1. The van der Waals surface area contributed by atoms with E-state index < -0.39 is 6.10 Å². The number of hydrogen-bond donors (Lipinski definition) is 3. The summed E-state index contributed by atoms with van der Waals surface area (Å²) in [4.78, 5) is 43.9. The maximum atomic E-state index is 13.2. The number of rotatable bonds is 5. The van der Waals surface area contributed by atoms with Gasteiger partial charge in [-0.2, -0.15) is 0 Å². The van der Waals surface area contributed by atoms with Crippen LogP contribution in [0.2, 0.25) is 0 Å². The van der Waals surface area contributed by atoms with E-state index in [0.717, 1.165) is 42.0 Å². The van der Waals surface area contributed by atoms with Gasteiger partial charge in [0.15, 0.2) is 5.82 Å². The summed E-state index contributed by atoms with van der Waals surface area (Å²) in [6.45, 7) is 5.08. The molecule has 1 saturated heterocycles. The SMILES string of the molecule is C[C@H]1COCCN1c1nc(-c2ccc(NC(=O)N[C@H]3CCC[C@@H]3O)cc2)nc2c1CCN(C(=O)c1cccnc1)C2. The van der Waals surface area contributed by atoms with Crippen molar-refractivity contribution in [2.75, 3.05) is 36.5 Å². The second kappa shape index (κ2) is 11.8. The number of nitrogens with zero attached hydrogens (tertiary/aromatic N) is 5. The number of urea groups is 1. The summed E-state index contributed by atoms with van der Waals surface area (Å²) >= 11 is 0. The van der Waals surface area contributed by atoms with Gasteiger partial charge in [0.1, 0.15) is 5.82 Å². The molecule has 1 saturated carbocycles. The van der Waals surface area contributed by atoms with Crippen molar-refractivity contribution in [3.8, 4) is 11.4 Å². The number of aliphatic hydroxyl groups is 1. The maximum absolute atomic E-state index is 13.2. The molecule has 11 heteroatoms. The lowest BCUT2D eigenvalue weighted by Gasteiger charge is -2.37. The number of carbonyl (C=O) groups excluding carboxylic acids is 2. The Labute approximate surface area is 239 Å². The molecule has 4 heterocycles. The number of benzene rings is 1. The highest BCUT2D eigenvalue weighted by molar-refractivity contribution is 5.94. The third-order valence-electron chi connectivity index (χ3n) is 8.08. The number of nitrogens with one attached hydrogen (secondary N) is 2. The first-order chi connectivity index (χ1) is 20.0. The van der Waals surface area contributed by atoms with Crippen molar-refractivity contribution >= 4 is 23.4 Å². The third kappa shape index (κ3) is 5.86. The van der Waals surface area contributed by atoms with Crippen molar-refractivity contribution in [3.63, 3.8) is 0 Å². The second-order valence-electron chi connectivity index (χ2n) is 10.9. The minimum atomic E-state index is -0.497. The minimum Gasteiger partial charge on any atom is -0.391 e. The van der Waals surface area contributed by atoms with Crippen LogP contribution in [0.3, 0.4) is 0 Å². The average molecular weight is 558 g/mol. The van der Waals surface area contributed by atoms with Crippen molar-refractivity contribution in [3.05, 3.63) is 65.6 Å². The van der Waals surface area contributed by atoms with Gasteiger partial charge in [-0.05, 0) is 69.0 Å². The van der Waals surface area contributed by atoms with Crippen LogP contribution in [0, 0.1) is 0 Å². The molecule has 0 spiro atoms. The van der Waals surface area contributed by atoms with Crippen LogP contribution in [-0.2, 0) is 17.7 Å². The normalized spacial score (nSPS) is 22.2. The van der Waals surface area contributed by atoms with Crippen LogP contribution in [0.25, 0.3) is 11.4 Å². The zero-order chi connectivity index (χ0) is 28.3. The highest BCUT2D eigenvalue weighted by Gasteiger charge is 2.31. The van der Waals surface area contributed by atoms with E-state index in [2.05, 4.69) is 27.4 Å². The van der Waals surface area contributed by atoms with Gasteiger partial charge in [-0.3, -0.25) is 9.78 Å². The van der Waals surface area contributed by atoms with E-state index in [1.807, 2.05) is 29.2 Å². The van der Waals surface area contributed by atoms with Crippen LogP contribution >= 0.6 is 0 Å². The topological polar surface area (TPSA) is 133 Å². The number of anilines is 2. The molecule has 3 aliphatic rings. The Balaban J connectivity index is 1.26. The fourth-order valence-electron chi connectivity index (χ4n) is 5.81. The molecule has 2 fully saturated rings. The Morgan fingerprint density at radius 2 is 1.95 bits per heavy atom. The zero-order valence-corrected chi connectivity index (χ0v) is 23.1. The zero-order valence-electron chi connectivity index (χ0n) is 23.1. The molecule has 3 amide bonds. The molecule has 0 radical (unpaired) electrons. The fourth-order valence-corrected chi connectivity index (χ4v) is 5.81. The molecular formula is C30H35N7O4. The predicted octanol–water partition coefficient (Wildman–Crippen LogP) is 3.00. The van der Waals surface area contributed by atoms with E-state index in [-0.39, 0.29) is 24.0 Å². The summed E-state index contributed by atoms with van der Waals surface area (Å²) in [6.07, 6.45) is 5.81. The first-order valence-corrected chi connectivity index (χ1v) is 14.3. The van der Waals surface area contributed by atoms with E-state index in [4.69, 9.17) is 14.7 Å². The van der Waals surface area contributed by atoms with E-state index in [1.165, 1.54) is 0 Å². The van der Waals surface area contributed by atoms with Gasteiger partial charge < -0.3 is 30.3 Å². The van der Waals surface area contributed by atoms with E-state index in [0.29, 0.717) is 56.2 Å². The van der Waals surface area contributed by atoms with Gasteiger partial charge in [0.2, 0.25) is 0 Å². The fraction of sp³-hybridized carbons (Fsp3) is 0.433. The molecule has 2 aliphatic heterocycles. The number of carbonyl (C=O) groups is 2. The molecule has 214 valence electrons. The van der Waals surface area contributed by atoms with E-state index in [9.17, 15) is 14.7 Å². The third-order valence-corrected chi connectivity index (χ3v) is 8.08. The first kappa shape index (κ1) is 27.1. The largest absolute Gasteiger partial charge is 0.391 e. The van der Waals surface area contributed by atoms with Gasteiger partial charge in [-0.1, -0.05) is 0 Å². The molecule has 3 N–H and O–H groups in total. The van der Waals surface area contributed by atoms with Crippen LogP contribution in [0.15, 0.2) is 48.8 Å². The van der Waals surface area contributed by atoms with Crippen LogP contribution in [-0.4, -0.2) is 81.4 Å². The first-order valence-electron chi connectivity index (χ1n) is 14.3. The Bertz CT molecular complexity index is 1400. The lowest BCUT2D eigenvalue weighted by Crippen LogP contribution is -2.45. The Hall–Kier alpha value is -4.09. The molecule has 41 heavy (non-hydrogen) atoms. The standard InChI is InChI=1S/C30H35N7O4/c1-19-18-41-15-14-37(19)28-23-11-13-36(29(39)21-4-3-12-31-16-21)17-25(23)33-27(35-28)20-7-9-22(10-8-20)32-30(40)34-24-5-2-6-26(24)38/h3-4,7-10,12,16,19,24,26,38H,2,5-6,11,13-15,17-18H2,1H3,(H2,32,34,40)/t19-,24-,26-/m0/s1. The number of amides is 3. The van der Waals surface area contributed by atoms with Crippen molar-refractivity contribution in [1.82, 2.24) is 25.2 Å². The monoisotopic (exact) mass is 557 g/mol. The van der Waals surface area contributed by atoms with E-state index >= 15 is 0 Å². The quantitative estimate of drug-likeness (QED) is 0.436. The number of aromatic nitrogens is 3. The summed E-state index contributed by atoms with van der Waals surface area (Å²) in [5, 5.41) is 15.7. The number of pyridine rings is 1. The second-order valence-corrected chi connectivity index (χ2v) is 10.9. The smallest absolute Gasteiger partial charge is 0.319 e. The highest BCUT2D eigenvalue weighted by atomic mass is 16.5. The molecule has 0 bridgehead atoms. The highest BCUT2D eigenvalue weighted by Crippen LogP contribution is 2.32. The summed E-state index contributed by atoms with van der Waals surface area (Å²) in [5.41, 5.74) is 3.90. The molecule has 0 unspecified atom stereocenters. The molecule has 3 aromatic rings. The Morgan fingerprint density at radius 1 is 1.10 bits per heavy atom. The molecule has 6 rings (SSSR count). The van der Waals surface area contributed by atoms with E-state index in [1.54, 1.807) is 24.5 Å². The van der Waals surface area contributed by atoms with Gasteiger partial charge in [0.05, 0.1) is 49.2 Å². The van der Waals surface area contributed by atoms with Crippen molar-refractivity contribution < 1.29 is 19.4 Å². The molecule has 1 aromatic carbocycles. The van der Waals surface area contributed by atoms with Gasteiger partial charge >= 0.3 is 6.03 Å². The van der Waals surface area contributed by atoms with Gasteiger partial charge in [0.25, 0.3) is 5.91 Å². The lowest BCUT2D eigenvalue weighted by atomic mass is 10.0. The summed E-state index contributed by atoms with van der Waals surface area (Å²) < 4.78 is 5.68. The number of hydrogen-bond acceptors (Lipinski definition) is 8. The minimum absolute atomic E-state index is 0.0657. The molecule has 11 nitrogen and oxygen atoms in total. The molecule has 1 aliphatic carbocycles. The van der Waals surface area contributed by atoms with Crippen molar-refractivity contribution in [1.29, 1.82) is 0 Å². The molecule has 2 aromatic heterocycles. The average Bonchev–Trinajstić information content (AvgIpc) is 3.40. The molecular weight excluding hydrogens is 522 g/mol. The van der Waals surface area contributed by atoms with Gasteiger partial charge in [-0.25, -0.2) is 14.8 Å². The van der Waals surface area contributed by atoms with Crippen molar-refractivity contribution in [2.24, 2.45) is 0 Å². The lowest BCUT2D eigenvalue weighted by molar-refractivity contribution is 0.0731. The van der Waals surface area contributed by atoms with Gasteiger partial charge in [-0.15, -0.1) is 0 Å². The summed E-state index contributed by atoms with van der Waals surface area (Å²) in [7, 11) is 0. The number of aliphatic hydroxyl groups excluding tert-OH is 1. The molecule has 3 atom stereocenters. The Morgan fingerprint density at radius 3 is 2.68 bits per heavy atom. The summed E-state index contributed by atoms with van der Waals surface area (Å²) in [6, 6.07) is 10.6. The Kier molecular flexibility index (Phi) is 7.80. The number of fused-ring (bicyclic) bond motifs is 1. The van der Waals surface area contributed by atoms with Crippen LogP contribution < -0.4 is 15.5 Å². The number of morpholine rings is 1. The maximum Gasteiger partial charge on any atom is 0.319 e. The van der Waals surface area contributed by atoms with Crippen LogP contribution in [0.1, 0.15) is 47.8 Å². The van der Waals surface area contributed by atoms with Crippen LogP contribution in [0.5, 0.6) is 0 Å². The predicted molar refractivity (Wildman–Crippen MR) is 154 cm³/mol. The summed E-state index contributed by atoms with van der Waals surface area (Å²) in [5.74, 6) is 1.40. The van der Waals surface area contributed by atoms with Crippen LogP contribution in [0.4, 0.5) is 16.3 Å².